The van der Waals surface area contributed by atoms with Gasteiger partial charge in [-0.1, -0.05) is 15.9 Å². The zero-order valence-corrected chi connectivity index (χ0v) is 14.2. The van der Waals surface area contributed by atoms with Crippen LogP contribution in [-0.4, -0.2) is 14.5 Å². The second kappa shape index (κ2) is 4.86. The molecule has 0 atom stereocenters. The molecule has 0 saturated heterocycles. The predicted octanol–water partition coefficient (Wildman–Crippen LogP) is 4.14. The fraction of sp³-hybridized carbons (Fsp3) is 0.143. The molecule has 4 nitrogen and oxygen atoms in total. The molecule has 1 aromatic carbocycles. The highest BCUT2D eigenvalue weighted by Crippen LogP contribution is 2.28. The topological polar surface area (TPSA) is 56.7 Å². The summed E-state index contributed by atoms with van der Waals surface area (Å²) < 4.78 is 3.87. The summed E-state index contributed by atoms with van der Waals surface area (Å²) in [5, 5.41) is 0. The van der Waals surface area contributed by atoms with Crippen molar-refractivity contribution in [2.75, 3.05) is 5.73 Å². The first kappa shape index (κ1) is 13.6. The van der Waals surface area contributed by atoms with Crippen molar-refractivity contribution in [1.82, 2.24) is 14.5 Å². The summed E-state index contributed by atoms with van der Waals surface area (Å²) in [5.41, 5.74) is 10.9. The van der Waals surface area contributed by atoms with Crippen LogP contribution in [0.2, 0.25) is 0 Å². The summed E-state index contributed by atoms with van der Waals surface area (Å²) in [6.07, 6.45) is 1.75. The van der Waals surface area contributed by atoms with Gasteiger partial charge in [0.15, 0.2) is 5.65 Å². The summed E-state index contributed by atoms with van der Waals surface area (Å²) in [6, 6.07) is 6.05. The third-order valence-electron chi connectivity index (χ3n) is 3.17. The largest absolute Gasteiger partial charge is 0.369 e. The average molecular weight is 396 g/mol. The maximum atomic E-state index is 6.06. The molecule has 102 valence electrons. The molecule has 0 radical (unpaired) electrons. The van der Waals surface area contributed by atoms with E-state index in [1.54, 1.807) is 6.20 Å². The molecule has 0 saturated carbocycles. The molecule has 2 aromatic heterocycles. The SMILES string of the molecule is Cc1cc(-n2c(N)nc3cc(Br)cnc32)cc(C)c1Br. The standard InChI is InChI=1S/C14H12Br2N4/c1-7-3-10(4-8(2)12(7)16)20-13-11(19-14(20)17)5-9(15)6-18-13/h3-6H,1-2H3,(H2,17,19). The van der Waals surface area contributed by atoms with Crippen LogP contribution in [-0.2, 0) is 0 Å². The molecule has 2 heterocycles. The van der Waals surface area contributed by atoms with Crippen LogP contribution in [0.25, 0.3) is 16.9 Å². The van der Waals surface area contributed by atoms with Gasteiger partial charge in [0.2, 0.25) is 5.95 Å². The minimum absolute atomic E-state index is 0.437. The van der Waals surface area contributed by atoms with Gasteiger partial charge in [-0.3, -0.25) is 4.57 Å². The maximum Gasteiger partial charge on any atom is 0.207 e. The highest BCUT2D eigenvalue weighted by Gasteiger charge is 2.13. The Morgan fingerprint density at radius 3 is 2.40 bits per heavy atom. The fourth-order valence-electron chi connectivity index (χ4n) is 2.26. The van der Waals surface area contributed by atoms with Crippen molar-refractivity contribution in [3.8, 4) is 5.69 Å². The van der Waals surface area contributed by atoms with E-state index in [0.717, 1.165) is 36.9 Å². The van der Waals surface area contributed by atoms with Crippen molar-refractivity contribution in [2.45, 2.75) is 13.8 Å². The van der Waals surface area contributed by atoms with Gasteiger partial charge in [-0.2, -0.15) is 0 Å². The van der Waals surface area contributed by atoms with Crippen LogP contribution in [0.3, 0.4) is 0 Å². The number of nitrogens with two attached hydrogens (primary N) is 1. The van der Waals surface area contributed by atoms with Gasteiger partial charge in [0.05, 0.1) is 5.69 Å². The van der Waals surface area contributed by atoms with Crippen molar-refractivity contribution in [3.63, 3.8) is 0 Å². The number of hydrogen-bond acceptors (Lipinski definition) is 3. The Hall–Kier alpha value is -1.40. The van der Waals surface area contributed by atoms with Crippen LogP contribution in [0.15, 0.2) is 33.3 Å². The summed E-state index contributed by atoms with van der Waals surface area (Å²) in [7, 11) is 0. The van der Waals surface area contributed by atoms with Gasteiger partial charge in [0, 0.05) is 15.1 Å². The molecule has 6 heteroatoms. The number of pyridine rings is 1. The number of imidazole rings is 1. The summed E-state index contributed by atoms with van der Waals surface area (Å²) in [4.78, 5) is 8.79. The van der Waals surface area contributed by atoms with Crippen LogP contribution in [0.1, 0.15) is 11.1 Å². The molecule has 0 aliphatic rings. The molecule has 0 fully saturated rings. The number of halogens is 2. The lowest BCUT2D eigenvalue weighted by Gasteiger charge is -2.10. The summed E-state index contributed by atoms with van der Waals surface area (Å²) in [6.45, 7) is 4.11. The van der Waals surface area contributed by atoms with Gasteiger partial charge in [-0.15, -0.1) is 0 Å². The number of nitrogens with zero attached hydrogens (tertiary/aromatic N) is 3. The lowest BCUT2D eigenvalue weighted by Crippen LogP contribution is -2.02. The molecule has 0 unspecified atom stereocenters. The minimum atomic E-state index is 0.437. The number of hydrogen-bond donors (Lipinski definition) is 1. The van der Waals surface area contributed by atoms with E-state index in [9.17, 15) is 0 Å². The second-order valence-corrected chi connectivity index (χ2v) is 6.40. The quantitative estimate of drug-likeness (QED) is 0.673. The number of nitrogen functional groups attached to an aromatic ring is 1. The second-order valence-electron chi connectivity index (χ2n) is 4.70. The maximum absolute atomic E-state index is 6.06. The first-order valence-corrected chi connectivity index (χ1v) is 7.62. The van der Waals surface area contributed by atoms with Gasteiger partial charge < -0.3 is 5.73 Å². The van der Waals surface area contributed by atoms with Crippen LogP contribution in [0.4, 0.5) is 5.95 Å². The lowest BCUT2D eigenvalue weighted by atomic mass is 10.1. The number of aromatic nitrogens is 3. The predicted molar refractivity (Wildman–Crippen MR) is 88.2 cm³/mol. The molecule has 0 aliphatic carbocycles. The van der Waals surface area contributed by atoms with E-state index < -0.39 is 0 Å². The van der Waals surface area contributed by atoms with E-state index in [4.69, 9.17) is 5.73 Å². The first-order valence-electron chi connectivity index (χ1n) is 6.04. The Morgan fingerprint density at radius 2 is 1.75 bits per heavy atom. The molecule has 0 bridgehead atoms. The van der Waals surface area contributed by atoms with Gasteiger partial charge in [-0.05, 0) is 59.1 Å². The first-order chi connectivity index (χ1) is 9.47. The monoisotopic (exact) mass is 394 g/mol. The fourth-order valence-corrected chi connectivity index (χ4v) is 2.81. The molecule has 3 aromatic rings. The lowest BCUT2D eigenvalue weighted by molar-refractivity contribution is 1.07. The Balaban J connectivity index is 2.32. The van der Waals surface area contributed by atoms with Gasteiger partial charge in [-0.25, -0.2) is 9.97 Å². The minimum Gasteiger partial charge on any atom is -0.369 e. The molecular weight excluding hydrogens is 384 g/mol. The summed E-state index contributed by atoms with van der Waals surface area (Å²) >= 11 is 6.97. The zero-order chi connectivity index (χ0) is 14.4. The van der Waals surface area contributed by atoms with Crippen LogP contribution < -0.4 is 5.73 Å². The Labute approximate surface area is 133 Å². The average Bonchev–Trinajstić information content (AvgIpc) is 2.70. The van der Waals surface area contributed by atoms with Gasteiger partial charge in [0.25, 0.3) is 0 Å². The molecule has 0 amide bonds. The van der Waals surface area contributed by atoms with Crippen molar-refractivity contribution < 1.29 is 0 Å². The highest BCUT2D eigenvalue weighted by molar-refractivity contribution is 9.10. The Kier molecular flexibility index (Phi) is 3.30. The van der Waals surface area contributed by atoms with E-state index in [1.807, 2.05) is 10.6 Å². The van der Waals surface area contributed by atoms with Crippen molar-refractivity contribution in [3.05, 3.63) is 44.5 Å². The molecule has 0 spiro atoms. The van der Waals surface area contributed by atoms with Crippen molar-refractivity contribution in [2.24, 2.45) is 0 Å². The zero-order valence-electron chi connectivity index (χ0n) is 11.0. The molecule has 20 heavy (non-hydrogen) atoms. The van der Waals surface area contributed by atoms with Gasteiger partial charge >= 0.3 is 0 Å². The Bertz CT molecular complexity index is 800. The third-order valence-corrected chi connectivity index (χ3v) is 4.85. The smallest absolute Gasteiger partial charge is 0.207 e. The molecule has 0 aliphatic heterocycles. The highest BCUT2D eigenvalue weighted by atomic mass is 79.9. The number of aryl methyl sites for hydroxylation is 2. The normalized spacial score (nSPS) is 11.2. The number of rotatable bonds is 1. The Morgan fingerprint density at radius 1 is 1.10 bits per heavy atom. The number of anilines is 1. The summed E-state index contributed by atoms with van der Waals surface area (Å²) in [5.74, 6) is 0.437. The van der Waals surface area contributed by atoms with E-state index in [-0.39, 0.29) is 0 Å². The van der Waals surface area contributed by atoms with E-state index >= 15 is 0 Å². The van der Waals surface area contributed by atoms with Crippen LogP contribution in [0, 0.1) is 13.8 Å². The van der Waals surface area contributed by atoms with Crippen molar-refractivity contribution in [1.29, 1.82) is 0 Å². The van der Waals surface area contributed by atoms with Crippen LogP contribution >= 0.6 is 31.9 Å². The van der Waals surface area contributed by atoms with E-state index in [0.29, 0.717) is 5.95 Å². The third kappa shape index (κ3) is 2.13. The van der Waals surface area contributed by atoms with Crippen molar-refractivity contribution >= 4 is 49.0 Å². The molecule has 3 rings (SSSR count). The van der Waals surface area contributed by atoms with E-state index in [2.05, 4.69) is 67.8 Å². The van der Waals surface area contributed by atoms with E-state index in [1.165, 1.54) is 0 Å². The van der Waals surface area contributed by atoms with Crippen LogP contribution in [0.5, 0.6) is 0 Å². The number of benzene rings is 1. The molecular formula is C14H12Br2N4. The number of fused-ring (bicyclic) bond motifs is 1. The molecule has 2 N–H and O–H groups in total. The van der Waals surface area contributed by atoms with Gasteiger partial charge in [0.1, 0.15) is 5.52 Å².